The second-order valence-electron chi connectivity index (χ2n) is 5.83. The Bertz CT molecular complexity index is 804. The molecule has 0 saturated carbocycles. The van der Waals surface area contributed by atoms with Gasteiger partial charge in [-0.05, 0) is 36.6 Å². The van der Waals surface area contributed by atoms with E-state index < -0.39 is 0 Å². The van der Waals surface area contributed by atoms with E-state index in [9.17, 15) is 0 Å². The first-order chi connectivity index (χ1) is 12.2. The first-order valence-electron chi connectivity index (χ1n) is 8.31. The number of halogens is 1. The smallest absolute Gasteiger partial charge is 0.132 e. The molecule has 3 aromatic rings. The van der Waals surface area contributed by atoms with Crippen LogP contribution in [0.2, 0.25) is 5.02 Å². The standard InChI is InChI=1S/C20H21ClN4/c1-15-24-19(22-12-11-16-5-3-2-4-6-16)13-20(25-15)23-14-17-7-9-18(21)10-8-17/h2-10,13H,11-12,14H2,1H3,(H2,22,23,24,25). The summed E-state index contributed by atoms with van der Waals surface area (Å²) in [5.74, 6) is 2.38. The van der Waals surface area contributed by atoms with Gasteiger partial charge < -0.3 is 10.6 Å². The van der Waals surface area contributed by atoms with Crippen molar-refractivity contribution in [3.8, 4) is 0 Å². The lowest BCUT2D eigenvalue weighted by molar-refractivity contribution is 0.975. The van der Waals surface area contributed by atoms with Gasteiger partial charge in [0, 0.05) is 24.2 Å². The van der Waals surface area contributed by atoms with E-state index in [-0.39, 0.29) is 0 Å². The van der Waals surface area contributed by atoms with Crippen LogP contribution in [0.1, 0.15) is 17.0 Å². The summed E-state index contributed by atoms with van der Waals surface area (Å²) in [6, 6.07) is 20.1. The fourth-order valence-corrected chi connectivity index (χ4v) is 2.65. The predicted molar refractivity (Wildman–Crippen MR) is 104 cm³/mol. The number of nitrogens with zero attached hydrogens (tertiary/aromatic N) is 2. The third kappa shape index (κ3) is 5.47. The number of benzene rings is 2. The van der Waals surface area contributed by atoms with Crippen LogP contribution in [0, 0.1) is 6.92 Å². The van der Waals surface area contributed by atoms with Gasteiger partial charge in [0.25, 0.3) is 0 Å². The van der Waals surface area contributed by atoms with Crippen LogP contribution in [-0.4, -0.2) is 16.5 Å². The summed E-state index contributed by atoms with van der Waals surface area (Å²) < 4.78 is 0. The Kier molecular flexibility index (Phi) is 5.86. The normalized spacial score (nSPS) is 10.5. The summed E-state index contributed by atoms with van der Waals surface area (Å²) in [6.07, 6.45) is 0.956. The van der Waals surface area contributed by atoms with Crippen molar-refractivity contribution < 1.29 is 0 Å². The van der Waals surface area contributed by atoms with E-state index in [4.69, 9.17) is 11.6 Å². The Morgan fingerprint density at radius 3 is 2.24 bits per heavy atom. The molecule has 0 spiro atoms. The molecule has 0 fully saturated rings. The van der Waals surface area contributed by atoms with Crippen molar-refractivity contribution in [2.24, 2.45) is 0 Å². The number of rotatable bonds is 7. The zero-order valence-electron chi connectivity index (χ0n) is 14.2. The maximum absolute atomic E-state index is 5.91. The topological polar surface area (TPSA) is 49.8 Å². The zero-order valence-corrected chi connectivity index (χ0v) is 14.9. The van der Waals surface area contributed by atoms with Gasteiger partial charge in [-0.15, -0.1) is 0 Å². The van der Waals surface area contributed by atoms with Crippen molar-refractivity contribution >= 4 is 23.2 Å². The second-order valence-corrected chi connectivity index (χ2v) is 6.26. The number of anilines is 2. The predicted octanol–water partition coefficient (Wildman–Crippen LogP) is 4.71. The third-order valence-corrected chi connectivity index (χ3v) is 4.04. The molecule has 0 unspecified atom stereocenters. The first kappa shape index (κ1) is 17.2. The van der Waals surface area contributed by atoms with E-state index in [0.29, 0.717) is 6.54 Å². The molecular formula is C20H21ClN4. The fourth-order valence-electron chi connectivity index (χ4n) is 2.52. The highest BCUT2D eigenvalue weighted by Gasteiger charge is 2.02. The minimum absolute atomic E-state index is 0.692. The Labute approximate surface area is 153 Å². The molecule has 2 N–H and O–H groups in total. The van der Waals surface area contributed by atoms with Gasteiger partial charge in [0.1, 0.15) is 17.5 Å². The quantitative estimate of drug-likeness (QED) is 0.646. The van der Waals surface area contributed by atoms with Gasteiger partial charge >= 0.3 is 0 Å². The van der Waals surface area contributed by atoms with Crippen molar-refractivity contribution in [3.05, 3.63) is 82.6 Å². The van der Waals surface area contributed by atoms with Crippen LogP contribution in [0.4, 0.5) is 11.6 Å². The summed E-state index contributed by atoms with van der Waals surface area (Å²) in [6.45, 7) is 3.42. The molecule has 0 saturated heterocycles. The third-order valence-electron chi connectivity index (χ3n) is 3.79. The largest absolute Gasteiger partial charge is 0.370 e. The van der Waals surface area contributed by atoms with E-state index in [0.717, 1.165) is 41.0 Å². The lowest BCUT2D eigenvalue weighted by atomic mass is 10.1. The van der Waals surface area contributed by atoms with Crippen molar-refractivity contribution in [1.82, 2.24) is 9.97 Å². The molecule has 0 aliphatic rings. The van der Waals surface area contributed by atoms with Crippen LogP contribution >= 0.6 is 11.6 Å². The molecule has 0 bridgehead atoms. The lowest BCUT2D eigenvalue weighted by Crippen LogP contribution is -2.09. The SMILES string of the molecule is Cc1nc(NCCc2ccccc2)cc(NCc2ccc(Cl)cc2)n1. The highest BCUT2D eigenvalue weighted by atomic mass is 35.5. The number of aromatic nitrogens is 2. The van der Waals surface area contributed by atoms with Gasteiger partial charge in [-0.2, -0.15) is 0 Å². The summed E-state index contributed by atoms with van der Waals surface area (Å²) in [5, 5.41) is 7.45. The lowest BCUT2D eigenvalue weighted by Gasteiger charge is -2.10. The average molecular weight is 353 g/mol. The molecule has 1 aromatic heterocycles. The number of hydrogen-bond acceptors (Lipinski definition) is 4. The highest BCUT2D eigenvalue weighted by Crippen LogP contribution is 2.14. The summed E-state index contributed by atoms with van der Waals surface area (Å²) in [5.41, 5.74) is 2.46. The number of aryl methyl sites for hydroxylation is 1. The Balaban J connectivity index is 1.57. The van der Waals surface area contributed by atoms with Crippen molar-refractivity contribution in [3.63, 3.8) is 0 Å². The van der Waals surface area contributed by atoms with Crippen LogP contribution in [0.5, 0.6) is 0 Å². The molecule has 0 aliphatic carbocycles. The minimum Gasteiger partial charge on any atom is -0.370 e. The Hall–Kier alpha value is -2.59. The van der Waals surface area contributed by atoms with Crippen LogP contribution < -0.4 is 10.6 Å². The molecule has 2 aromatic carbocycles. The molecular weight excluding hydrogens is 332 g/mol. The van der Waals surface area contributed by atoms with Crippen molar-refractivity contribution in [1.29, 1.82) is 0 Å². The maximum Gasteiger partial charge on any atom is 0.132 e. The summed E-state index contributed by atoms with van der Waals surface area (Å²) in [7, 11) is 0. The molecule has 0 amide bonds. The molecule has 1 heterocycles. The molecule has 0 aliphatic heterocycles. The van der Waals surface area contributed by atoms with E-state index in [1.54, 1.807) is 0 Å². The zero-order chi connectivity index (χ0) is 17.5. The average Bonchev–Trinajstić information content (AvgIpc) is 2.62. The molecule has 0 atom stereocenters. The second kappa shape index (κ2) is 8.49. The van der Waals surface area contributed by atoms with Gasteiger partial charge in [-0.3, -0.25) is 0 Å². The van der Waals surface area contributed by atoms with Gasteiger partial charge in [0.2, 0.25) is 0 Å². The summed E-state index contributed by atoms with van der Waals surface area (Å²) >= 11 is 5.91. The monoisotopic (exact) mass is 352 g/mol. The molecule has 25 heavy (non-hydrogen) atoms. The highest BCUT2D eigenvalue weighted by molar-refractivity contribution is 6.30. The van der Waals surface area contributed by atoms with Gasteiger partial charge in [0.05, 0.1) is 0 Å². The molecule has 128 valence electrons. The van der Waals surface area contributed by atoms with E-state index in [2.05, 4.69) is 44.9 Å². The maximum atomic E-state index is 5.91. The van der Waals surface area contributed by atoms with Crippen LogP contribution in [-0.2, 0) is 13.0 Å². The van der Waals surface area contributed by atoms with Gasteiger partial charge in [0.15, 0.2) is 0 Å². The molecule has 0 radical (unpaired) electrons. The van der Waals surface area contributed by atoms with Crippen molar-refractivity contribution in [2.45, 2.75) is 19.9 Å². The van der Waals surface area contributed by atoms with Gasteiger partial charge in [-0.25, -0.2) is 9.97 Å². The fraction of sp³-hybridized carbons (Fsp3) is 0.200. The number of nitrogens with one attached hydrogen (secondary N) is 2. The molecule has 5 heteroatoms. The summed E-state index contributed by atoms with van der Waals surface area (Å²) in [4.78, 5) is 8.90. The van der Waals surface area contributed by atoms with E-state index in [1.807, 2.05) is 43.3 Å². The van der Waals surface area contributed by atoms with Crippen LogP contribution in [0.15, 0.2) is 60.7 Å². The van der Waals surface area contributed by atoms with Crippen LogP contribution in [0.3, 0.4) is 0 Å². The Morgan fingerprint density at radius 1 is 0.840 bits per heavy atom. The number of hydrogen-bond donors (Lipinski definition) is 2. The molecule has 3 rings (SSSR count). The van der Waals surface area contributed by atoms with Crippen molar-refractivity contribution in [2.75, 3.05) is 17.2 Å². The molecule has 4 nitrogen and oxygen atoms in total. The van der Waals surface area contributed by atoms with E-state index in [1.165, 1.54) is 5.56 Å². The minimum atomic E-state index is 0.692. The van der Waals surface area contributed by atoms with Crippen LogP contribution in [0.25, 0.3) is 0 Å². The first-order valence-corrected chi connectivity index (χ1v) is 8.68. The van der Waals surface area contributed by atoms with Gasteiger partial charge in [-0.1, -0.05) is 54.1 Å². The Morgan fingerprint density at radius 2 is 1.52 bits per heavy atom. The van der Waals surface area contributed by atoms with E-state index >= 15 is 0 Å².